The Morgan fingerprint density at radius 3 is 2.25 bits per heavy atom. The molecule has 2 aromatic carbocycles. The molecule has 0 spiro atoms. The van der Waals surface area contributed by atoms with Crippen molar-refractivity contribution in [2.75, 3.05) is 14.2 Å². The van der Waals surface area contributed by atoms with Crippen molar-refractivity contribution in [1.82, 2.24) is 5.32 Å². The molecule has 2 aromatic rings. The van der Waals surface area contributed by atoms with E-state index in [0.717, 1.165) is 4.47 Å². The van der Waals surface area contributed by atoms with Crippen LogP contribution in [0.3, 0.4) is 0 Å². The maximum Gasteiger partial charge on any atom is 0.124 e. The Morgan fingerprint density at radius 2 is 1.65 bits per heavy atom. The Balaban J connectivity index is 2.57. The number of nitrogens with one attached hydrogen (secondary N) is 1. The molecule has 0 aliphatic rings. The van der Waals surface area contributed by atoms with Crippen LogP contribution in [0.1, 0.15) is 17.2 Å². The van der Waals surface area contributed by atoms with Gasteiger partial charge >= 0.3 is 0 Å². The predicted octanol–water partition coefficient (Wildman–Crippen LogP) is 4.04. The molecule has 0 heterocycles. The second kappa shape index (κ2) is 6.33. The number of rotatable bonds is 4. The Hall–Kier alpha value is -1.46. The smallest absolute Gasteiger partial charge is 0.124 e. The quantitative estimate of drug-likeness (QED) is 0.905. The summed E-state index contributed by atoms with van der Waals surface area (Å²) in [5, 5.41) is 3.06. The highest BCUT2D eigenvalue weighted by molar-refractivity contribution is 9.10. The van der Waals surface area contributed by atoms with Crippen LogP contribution in [0, 0.1) is 11.6 Å². The van der Waals surface area contributed by atoms with Crippen molar-refractivity contribution in [3.63, 3.8) is 0 Å². The number of halogens is 3. The van der Waals surface area contributed by atoms with E-state index in [-0.39, 0.29) is 17.7 Å². The molecule has 0 amide bonds. The van der Waals surface area contributed by atoms with Gasteiger partial charge in [0.25, 0.3) is 0 Å². The van der Waals surface area contributed by atoms with Crippen molar-refractivity contribution in [3.05, 3.63) is 63.6 Å². The second-order valence-electron chi connectivity index (χ2n) is 4.27. The van der Waals surface area contributed by atoms with Gasteiger partial charge in [-0.05, 0) is 49.0 Å². The molecule has 0 fully saturated rings. The average molecular weight is 342 g/mol. The van der Waals surface area contributed by atoms with E-state index < -0.39 is 0 Å². The minimum absolute atomic E-state index is 0.348. The van der Waals surface area contributed by atoms with Crippen molar-refractivity contribution >= 4 is 15.9 Å². The van der Waals surface area contributed by atoms with Crippen molar-refractivity contribution in [2.45, 2.75) is 6.04 Å². The lowest BCUT2D eigenvalue weighted by atomic mass is 9.97. The van der Waals surface area contributed by atoms with Crippen molar-refractivity contribution in [3.8, 4) is 5.75 Å². The first kappa shape index (κ1) is 14.9. The molecule has 20 heavy (non-hydrogen) atoms. The zero-order valence-electron chi connectivity index (χ0n) is 11.1. The van der Waals surface area contributed by atoms with E-state index >= 15 is 0 Å². The van der Waals surface area contributed by atoms with Crippen LogP contribution >= 0.6 is 15.9 Å². The molecular weight excluding hydrogens is 328 g/mol. The van der Waals surface area contributed by atoms with Gasteiger partial charge < -0.3 is 10.1 Å². The van der Waals surface area contributed by atoms with Gasteiger partial charge in [0.15, 0.2) is 0 Å². The summed E-state index contributed by atoms with van der Waals surface area (Å²) in [6.07, 6.45) is 0. The minimum atomic E-state index is -0.384. The van der Waals surface area contributed by atoms with Crippen LogP contribution < -0.4 is 10.1 Å². The summed E-state index contributed by atoms with van der Waals surface area (Å²) in [6.45, 7) is 0. The molecular formula is C15H14BrF2NO. The van der Waals surface area contributed by atoms with Gasteiger partial charge in [-0.15, -0.1) is 0 Å². The van der Waals surface area contributed by atoms with Gasteiger partial charge in [-0.3, -0.25) is 0 Å². The standard InChI is InChI=1S/C15H14BrF2NO/c1-19-15(11-7-9(17)3-5-13(11)16)12-8-10(18)4-6-14(12)20-2/h3-8,15,19H,1-2H3. The van der Waals surface area contributed by atoms with Gasteiger partial charge in [0.2, 0.25) is 0 Å². The van der Waals surface area contributed by atoms with E-state index in [4.69, 9.17) is 4.74 Å². The summed E-state index contributed by atoms with van der Waals surface area (Å²) < 4.78 is 33.0. The first-order valence-corrected chi connectivity index (χ1v) is 6.81. The number of ether oxygens (including phenoxy) is 1. The van der Waals surface area contributed by atoms with Crippen LogP contribution in [-0.4, -0.2) is 14.2 Å². The first-order chi connectivity index (χ1) is 9.56. The van der Waals surface area contributed by atoms with Crippen LogP contribution in [0.5, 0.6) is 5.75 Å². The molecule has 0 aromatic heterocycles. The Bertz CT molecular complexity index is 619. The maximum atomic E-state index is 13.5. The zero-order chi connectivity index (χ0) is 14.7. The molecule has 0 radical (unpaired) electrons. The summed E-state index contributed by atoms with van der Waals surface area (Å²) in [5.41, 5.74) is 1.29. The van der Waals surface area contributed by atoms with E-state index in [1.807, 2.05) is 0 Å². The fourth-order valence-electron chi connectivity index (χ4n) is 2.15. The fourth-order valence-corrected chi connectivity index (χ4v) is 2.62. The van der Waals surface area contributed by atoms with Gasteiger partial charge in [-0.25, -0.2) is 8.78 Å². The van der Waals surface area contributed by atoms with Gasteiger partial charge in [-0.1, -0.05) is 15.9 Å². The number of benzene rings is 2. The van der Waals surface area contributed by atoms with Gasteiger partial charge in [0, 0.05) is 10.0 Å². The van der Waals surface area contributed by atoms with E-state index in [0.29, 0.717) is 16.9 Å². The number of methoxy groups -OCH3 is 1. The largest absolute Gasteiger partial charge is 0.496 e. The van der Waals surface area contributed by atoms with Gasteiger partial charge in [0.1, 0.15) is 17.4 Å². The van der Waals surface area contributed by atoms with Crippen molar-refractivity contribution < 1.29 is 13.5 Å². The third kappa shape index (κ3) is 2.99. The average Bonchev–Trinajstić information content (AvgIpc) is 2.44. The molecule has 2 rings (SSSR count). The van der Waals surface area contributed by atoms with Crippen molar-refractivity contribution in [1.29, 1.82) is 0 Å². The van der Waals surface area contributed by atoms with Crippen LogP contribution in [0.4, 0.5) is 8.78 Å². The fraction of sp³-hybridized carbons (Fsp3) is 0.200. The Morgan fingerprint density at radius 1 is 1.05 bits per heavy atom. The summed E-state index contributed by atoms with van der Waals surface area (Å²) in [6, 6.07) is 8.29. The highest BCUT2D eigenvalue weighted by atomic mass is 79.9. The molecule has 0 saturated heterocycles. The first-order valence-electron chi connectivity index (χ1n) is 6.02. The van der Waals surface area contributed by atoms with E-state index in [1.165, 1.54) is 31.4 Å². The van der Waals surface area contributed by atoms with Gasteiger partial charge in [0.05, 0.1) is 13.2 Å². The molecule has 0 aliphatic carbocycles. The molecule has 106 valence electrons. The second-order valence-corrected chi connectivity index (χ2v) is 5.13. The number of hydrogen-bond donors (Lipinski definition) is 1. The zero-order valence-corrected chi connectivity index (χ0v) is 12.7. The third-order valence-electron chi connectivity index (χ3n) is 3.06. The lowest BCUT2D eigenvalue weighted by Crippen LogP contribution is -2.19. The topological polar surface area (TPSA) is 21.3 Å². The van der Waals surface area contributed by atoms with Crippen LogP contribution in [0.25, 0.3) is 0 Å². The van der Waals surface area contributed by atoms with E-state index in [1.54, 1.807) is 19.2 Å². The van der Waals surface area contributed by atoms with E-state index in [2.05, 4.69) is 21.2 Å². The predicted molar refractivity (Wildman–Crippen MR) is 78.0 cm³/mol. The summed E-state index contributed by atoms with van der Waals surface area (Å²) in [4.78, 5) is 0. The SMILES string of the molecule is CNC(c1cc(F)ccc1Br)c1cc(F)ccc1OC. The summed E-state index contributed by atoms with van der Waals surface area (Å²) >= 11 is 3.39. The molecule has 2 nitrogen and oxygen atoms in total. The number of hydrogen-bond acceptors (Lipinski definition) is 2. The molecule has 1 atom stereocenters. The van der Waals surface area contributed by atoms with Crippen LogP contribution in [-0.2, 0) is 0 Å². The lowest BCUT2D eigenvalue weighted by molar-refractivity contribution is 0.403. The molecule has 0 aliphatic heterocycles. The highest BCUT2D eigenvalue weighted by Gasteiger charge is 2.20. The third-order valence-corrected chi connectivity index (χ3v) is 3.78. The van der Waals surface area contributed by atoms with E-state index in [9.17, 15) is 8.78 Å². The van der Waals surface area contributed by atoms with Crippen LogP contribution in [0.15, 0.2) is 40.9 Å². The maximum absolute atomic E-state index is 13.5. The molecule has 1 N–H and O–H groups in total. The minimum Gasteiger partial charge on any atom is -0.496 e. The Labute approximate surface area is 124 Å². The monoisotopic (exact) mass is 341 g/mol. The summed E-state index contributed by atoms with van der Waals surface area (Å²) in [7, 11) is 3.25. The van der Waals surface area contributed by atoms with Crippen molar-refractivity contribution in [2.24, 2.45) is 0 Å². The molecule has 0 bridgehead atoms. The highest BCUT2D eigenvalue weighted by Crippen LogP contribution is 2.34. The van der Waals surface area contributed by atoms with Gasteiger partial charge in [-0.2, -0.15) is 0 Å². The van der Waals surface area contributed by atoms with Crippen LogP contribution in [0.2, 0.25) is 0 Å². The Kier molecular flexibility index (Phi) is 4.73. The normalized spacial score (nSPS) is 12.2. The molecule has 0 saturated carbocycles. The molecule has 5 heteroatoms. The summed E-state index contributed by atoms with van der Waals surface area (Å²) in [5.74, 6) is -0.172. The lowest BCUT2D eigenvalue weighted by Gasteiger charge is -2.21. The molecule has 1 unspecified atom stereocenters.